The van der Waals surface area contributed by atoms with E-state index in [0.717, 1.165) is 41.4 Å². The predicted molar refractivity (Wildman–Crippen MR) is 127 cm³/mol. The van der Waals surface area contributed by atoms with Crippen molar-refractivity contribution in [2.24, 2.45) is 0 Å². The van der Waals surface area contributed by atoms with E-state index in [4.69, 9.17) is 4.42 Å². The largest absolute Gasteiger partial charge is 0.441 e. The number of nitrogens with zero attached hydrogens (tertiary/aromatic N) is 3. The summed E-state index contributed by atoms with van der Waals surface area (Å²) in [4.78, 5) is 33.1. The van der Waals surface area contributed by atoms with Crippen LogP contribution < -0.4 is 10.6 Å². The van der Waals surface area contributed by atoms with Gasteiger partial charge in [0.25, 0.3) is 5.91 Å². The van der Waals surface area contributed by atoms with Crippen molar-refractivity contribution in [2.75, 3.05) is 38.5 Å². The van der Waals surface area contributed by atoms with Gasteiger partial charge in [-0.1, -0.05) is 17.7 Å². The zero-order valence-electron chi connectivity index (χ0n) is 19.2. The molecule has 1 aliphatic heterocycles. The summed E-state index contributed by atoms with van der Waals surface area (Å²) in [5.41, 5.74) is 4.28. The number of carbonyl (C=O) groups is 2. The van der Waals surface area contributed by atoms with Crippen molar-refractivity contribution in [3.63, 3.8) is 0 Å². The fourth-order valence-corrected chi connectivity index (χ4v) is 3.77. The van der Waals surface area contributed by atoms with Crippen molar-refractivity contribution in [3.8, 4) is 11.5 Å². The molecule has 2 N–H and O–H groups in total. The van der Waals surface area contributed by atoms with Gasteiger partial charge in [-0.3, -0.25) is 9.69 Å². The lowest BCUT2D eigenvalue weighted by atomic mass is 10.1. The van der Waals surface area contributed by atoms with Crippen LogP contribution in [-0.4, -0.2) is 59.9 Å². The van der Waals surface area contributed by atoms with Crippen LogP contribution in [0.4, 0.5) is 10.5 Å². The van der Waals surface area contributed by atoms with E-state index in [1.165, 1.54) is 0 Å². The Bertz CT molecular complexity index is 1110. The number of anilines is 1. The number of hydrogen-bond donors (Lipinski definition) is 2. The van der Waals surface area contributed by atoms with Gasteiger partial charge >= 0.3 is 6.03 Å². The average Bonchev–Trinajstić information content (AvgIpc) is 3.20. The van der Waals surface area contributed by atoms with Gasteiger partial charge in [0.2, 0.25) is 5.89 Å². The van der Waals surface area contributed by atoms with Gasteiger partial charge in [-0.2, -0.15) is 0 Å². The van der Waals surface area contributed by atoms with E-state index >= 15 is 0 Å². The number of piperazine rings is 1. The quantitative estimate of drug-likeness (QED) is 0.623. The fraction of sp³-hybridized carbons (Fsp3) is 0.320. The monoisotopic (exact) mass is 447 g/mol. The lowest BCUT2D eigenvalue weighted by Crippen LogP contribution is -2.49. The van der Waals surface area contributed by atoms with Crippen LogP contribution in [0.1, 0.15) is 27.4 Å². The van der Waals surface area contributed by atoms with Crippen LogP contribution in [0, 0.1) is 13.8 Å². The lowest BCUT2D eigenvalue weighted by Gasteiger charge is -2.34. The molecule has 8 heteroatoms. The highest BCUT2D eigenvalue weighted by atomic mass is 16.4. The molecule has 0 radical (unpaired) electrons. The number of hydrogen-bond acceptors (Lipinski definition) is 5. The fourth-order valence-electron chi connectivity index (χ4n) is 3.77. The average molecular weight is 448 g/mol. The van der Waals surface area contributed by atoms with Crippen LogP contribution in [0.2, 0.25) is 0 Å². The number of carbonyl (C=O) groups excluding carboxylic acids is 2. The predicted octanol–water partition coefficient (Wildman–Crippen LogP) is 3.67. The number of aryl methyl sites for hydroxylation is 2. The van der Waals surface area contributed by atoms with Gasteiger partial charge in [0.15, 0.2) is 0 Å². The SMILES string of the molecule is CNC(=O)c1ccc(-c2nc(CN3CCN(C(=O)Nc4ccc(C)cc4)CC3)c(C)o2)cc1. The zero-order valence-corrected chi connectivity index (χ0v) is 19.2. The first kappa shape index (κ1) is 22.5. The standard InChI is InChI=1S/C25H29N5O3/c1-17-4-10-21(11-5-17)27-25(32)30-14-12-29(13-15-30)16-22-18(2)33-24(28-22)20-8-6-19(7-9-20)23(31)26-3/h4-11H,12-16H2,1-3H3,(H,26,31)(H,27,32). The summed E-state index contributed by atoms with van der Waals surface area (Å²) in [6.45, 7) is 7.45. The number of benzene rings is 2. The Kier molecular flexibility index (Phi) is 6.74. The third-order valence-corrected chi connectivity index (χ3v) is 5.85. The summed E-state index contributed by atoms with van der Waals surface area (Å²) < 4.78 is 5.89. The van der Waals surface area contributed by atoms with E-state index < -0.39 is 0 Å². The molecule has 1 aromatic heterocycles. The van der Waals surface area contributed by atoms with E-state index in [2.05, 4.69) is 20.5 Å². The van der Waals surface area contributed by atoms with Crippen LogP contribution in [-0.2, 0) is 6.54 Å². The Balaban J connectivity index is 1.32. The Hall–Kier alpha value is -3.65. The zero-order chi connectivity index (χ0) is 23.4. The highest BCUT2D eigenvalue weighted by Gasteiger charge is 2.23. The van der Waals surface area contributed by atoms with Gasteiger partial charge in [-0.25, -0.2) is 9.78 Å². The summed E-state index contributed by atoms with van der Waals surface area (Å²) in [6, 6.07) is 14.9. The number of amides is 3. The minimum Gasteiger partial charge on any atom is -0.441 e. The molecule has 4 rings (SSSR count). The molecule has 2 aromatic carbocycles. The molecule has 2 heterocycles. The molecule has 0 spiro atoms. The lowest BCUT2D eigenvalue weighted by molar-refractivity contribution is 0.0963. The summed E-state index contributed by atoms with van der Waals surface area (Å²) in [5, 5.41) is 5.58. The molecule has 0 saturated carbocycles. The van der Waals surface area contributed by atoms with Crippen LogP contribution >= 0.6 is 0 Å². The van der Waals surface area contributed by atoms with E-state index in [1.807, 2.05) is 55.1 Å². The van der Waals surface area contributed by atoms with Crippen molar-refractivity contribution in [1.29, 1.82) is 0 Å². The van der Waals surface area contributed by atoms with Gasteiger partial charge in [-0.05, 0) is 50.2 Å². The highest BCUT2D eigenvalue weighted by Crippen LogP contribution is 2.23. The van der Waals surface area contributed by atoms with Crippen LogP contribution in [0.15, 0.2) is 52.9 Å². The number of nitrogens with one attached hydrogen (secondary N) is 2. The summed E-state index contributed by atoms with van der Waals surface area (Å²) >= 11 is 0. The first-order valence-electron chi connectivity index (χ1n) is 11.1. The van der Waals surface area contributed by atoms with Crippen molar-refractivity contribution < 1.29 is 14.0 Å². The van der Waals surface area contributed by atoms with Gasteiger partial charge in [0.05, 0.1) is 5.69 Å². The first-order valence-corrected chi connectivity index (χ1v) is 11.1. The van der Waals surface area contributed by atoms with Crippen molar-refractivity contribution in [3.05, 3.63) is 71.1 Å². The molecule has 0 bridgehead atoms. The molecule has 33 heavy (non-hydrogen) atoms. The molecule has 3 amide bonds. The smallest absolute Gasteiger partial charge is 0.321 e. The van der Waals surface area contributed by atoms with E-state index in [1.54, 1.807) is 19.2 Å². The second-order valence-corrected chi connectivity index (χ2v) is 8.24. The molecular formula is C25H29N5O3. The second kappa shape index (κ2) is 9.87. The molecule has 1 fully saturated rings. The van der Waals surface area contributed by atoms with Gasteiger partial charge < -0.3 is 20.0 Å². The van der Waals surface area contributed by atoms with Crippen molar-refractivity contribution in [1.82, 2.24) is 20.1 Å². The maximum Gasteiger partial charge on any atom is 0.321 e. The van der Waals surface area contributed by atoms with Gasteiger partial charge in [-0.15, -0.1) is 0 Å². The molecule has 0 aliphatic carbocycles. The number of urea groups is 1. The Labute approximate surface area is 193 Å². The third-order valence-electron chi connectivity index (χ3n) is 5.85. The Morgan fingerprint density at radius 2 is 1.64 bits per heavy atom. The molecule has 3 aromatic rings. The maximum absolute atomic E-state index is 12.6. The van der Waals surface area contributed by atoms with E-state index in [9.17, 15) is 9.59 Å². The molecule has 8 nitrogen and oxygen atoms in total. The van der Waals surface area contributed by atoms with Gasteiger partial charge in [0.1, 0.15) is 5.76 Å². The highest BCUT2D eigenvalue weighted by molar-refractivity contribution is 5.94. The van der Waals surface area contributed by atoms with E-state index in [-0.39, 0.29) is 11.9 Å². The minimum atomic E-state index is -0.127. The van der Waals surface area contributed by atoms with Crippen LogP contribution in [0.3, 0.4) is 0 Å². The molecular weight excluding hydrogens is 418 g/mol. The number of aromatic nitrogens is 1. The second-order valence-electron chi connectivity index (χ2n) is 8.24. The van der Waals surface area contributed by atoms with Crippen LogP contribution in [0.25, 0.3) is 11.5 Å². The number of rotatable bonds is 5. The Morgan fingerprint density at radius 3 is 2.27 bits per heavy atom. The molecule has 0 atom stereocenters. The third kappa shape index (κ3) is 5.40. The van der Waals surface area contributed by atoms with Crippen molar-refractivity contribution >= 4 is 17.6 Å². The number of oxazole rings is 1. The van der Waals surface area contributed by atoms with E-state index in [0.29, 0.717) is 31.1 Å². The molecule has 0 unspecified atom stereocenters. The first-order chi connectivity index (χ1) is 15.9. The minimum absolute atomic E-state index is 0.0707. The Morgan fingerprint density at radius 1 is 0.970 bits per heavy atom. The van der Waals surface area contributed by atoms with Crippen molar-refractivity contribution in [2.45, 2.75) is 20.4 Å². The maximum atomic E-state index is 12.6. The van der Waals surface area contributed by atoms with Crippen LogP contribution in [0.5, 0.6) is 0 Å². The normalized spacial score (nSPS) is 14.2. The molecule has 1 saturated heterocycles. The summed E-state index contributed by atoms with van der Waals surface area (Å²) in [6.07, 6.45) is 0. The molecule has 1 aliphatic rings. The summed E-state index contributed by atoms with van der Waals surface area (Å²) in [5.74, 6) is 1.19. The molecule has 172 valence electrons. The topological polar surface area (TPSA) is 90.7 Å². The van der Waals surface area contributed by atoms with Gasteiger partial charge in [0, 0.05) is 56.6 Å². The summed E-state index contributed by atoms with van der Waals surface area (Å²) in [7, 11) is 1.61.